The molecule has 0 unspecified atom stereocenters. The van der Waals surface area contributed by atoms with Crippen molar-refractivity contribution in [3.05, 3.63) is 0 Å². The summed E-state index contributed by atoms with van der Waals surface area (Å²) in [6.07, 6.45) is 8.35. The van der Waals surface area contributed by atoms with E-state index in [1.807, 2.05) is 11.8 Å². The second kappa shape index (κ2) is 2.65. The highest BCUT2D eigenvalue weighted by Gasteiger charge is 2.49. The van der Waals surface area contributed by atoms with Crippen molar-refractivity contribution in [2.24, 2.45) is 5.41 Å². The van der Waals surface area contributed by atoms with Crippen LogP contribution >= 0.6 is 11.8 Å². The molecule has 0 amide bonds. The molecule has 3 saturated carbocycles. The van der Waals surface area contributed by atoms with E-state index in [4.69, 9.17) is 9.78 Å². The zero-order chi connectivity index (χ0) is 8.94. The van der Waals surface area contributed by atoms with Crippen LogP contribution in [0.5, 0.6) is 0 Å². The Bertz CT molecular complexity index is 200. The standard InChI is InChI=1S/C10H16O2S/c1-9-2-5-10(6-3-9,7-4-9)13-8-11-12-8/h8H,2-7H2,1H3. The molecule has 0 spiro atoms. The average molecular weight is 200 g/mol. The van der Waals surface area contributed by atoms with Gasteiger partial charge >= 0.3 is 0 Å². The van der Waals surface area contributed by atoms with Crippen molar-refractivity contribution >= 4 is 11.8 Å². The minimum absolute atomic E-state index is 0.0717. The van der Waals surface area contributed by atoms with Crippen LogP contribution in [0.2, 0.25) is 0 Å². The van der Waals surface area contributed by atoms with E-state index in [1.54, 1.807) is 0 Å². The van der Waals surface area contributed by atoms with E-state index in [0.29, 0.717) is 10.2 Å². The van der Waals surface area contributed by atoms with Gasteiger partial charge in [-0.3, -0.25) is 0 Å². The minimum atomic E-state index is 0.0717. The number of rotatable bonds is 2. The number of hydrogen-bond donors (Lipinski definition) is 0. The van der Waals surface area contributed by atoms with Crippen LogP contribution in [-0.2, 0) is 9.78 Å². The lowest BCUT2D eigenvalue weighted by atomic mass is 9.61. The Kier molecular flexibility index (Phi) is 1.74. The fraction of sp³-hybridized carbons (Fsp3) is 1.00. The van der Waals surface area contributed by atoms with E-state index in [1.165, 1.54) is 38.5 Å². The molecule has 4 aliphatic rings. The first kappa shape index (κ1) is 8.57. The van der Waals surface area contributed by atoms with Crippen LogP contribution < -0.4 is 0 Å². The molecule has 1 saturated heterocycles. The van der Waals surface area contributed by atoms with E-state index < -0.39 is 0 Å². The molecule has 3 heteroatoms. The highest BCUT2D eigenvalue weighted by molar-refractivity contribution is 8.01. The average Bonchev–Trinajstić information content (AvgIpc) is 2.92. The summed E-state index contributed by atoms with van der Waals surface area (Å²) >= 11 is 1.93. The number of thioether (sulfide) groups is 1. The molecule has 0 aromatic heterocycles. The zero-order valence-electron chi connectivity index (χ0n) is 8.04. The highest BCUT2D eigenvalue weighted by Crippen LogP contribution is 2.59. The quantitative estimate of drug-likeness (QED) is 0.506. The molecule has 0 N–H and O–H groups in total. The predicted octanol–water partition coefficient (Wildman–Crippen LogP) is 3.08. The van der Waals surface area contributed by atoms with Gasteiger partial charge in [-0.05, 0) is 43.9 Å². The Morgan fingerprint density at radius 3 is 2.00 bits per heavy atom. The minimum Gasteiger partial charge on any atom is -0.186 e. The summed E-state index contributed by atoms with van der Waals surface area (Å²) in [7, 11) is 0. The molecule has 2 nitrogen and oxygen atoms in total. The van der Waals surface area contributed by atoms with Crippen LogP contribution in [0.15, 0.2) is 0 Å². The summed E-state index contributed by atoms with van der Waals surface area (Å²) in [4.78, 5) is 9.69. The van der Waals surface area contributed by atoms with Gasteiger partial charge in [-0.25, -0.2) is 0 Å². The molecule has 13 heavy (non-hydrogen) atoms. The molecular weight excluding hydrogens is 184 g/mol. The van der Waals surface area contributed by atoms with Crippen molar-refractivity contribution in [1.82, 2.24) is 0 Å². The topological polar surface area (TPSA) is 25.1 Å². The van der Waals surface area contributed by atoms with Crippen molar-refractivity contribution < 1.29 is 9.78 Å². The second-order valence-electron chi connectivity index (χ2n) is 5.09. The fourth-order valence-electron chi connectivity index (χ4n) is 2.78. The van der Waals surface area contributed by atoms with Gasteiger partial charge < -0.3 is 0 Å². The monoisotopic (exact) mass is 200 g/mol. The fourth-order valence-corrected chi connectivity index (χ4v) is 3.97. The van der Waals surface area contributed by atoms with Gasteiger partial charge in [0.05, 0.1) is 0 Å². The van der Waals surface area contributed by atoms with Crippen LogP contribution in [0.25, 0.3) is 0 Å². The Labute approximate surface area is 83.3 Å². The van der Waals surface area contributed by atoms with Gasteiger partial charge in [0.15, 0.2) is 0 Å². The second-order valence-corrected chi connectivity index (χ2v) is 6.58. The molecule has 2 bridgehead atoms. The third kappa shape index (κ3) is 1.51. The maximum absolute atomic E-state index is 4.84. The summed E-state index contributed by atoms with van der Waals surface area (Å²) in [5.74, 6) is 0. The van der Waals surface area contributed by atoms with E-state index in [9.17, 15) is 0 Å². The predicted molar refractivity (Wildman–Crippen MR) is 52.1 cm³/mol. The number of fused-ring (bicyclic) bond motifs is 3. The molecular formula is C10H16O2S. The summed E-state index contributed by atoms with van der Waals surface area (Å²) in [6, 6.07) is 0. The smallest absolute Gasteiger partial charge is 0.186 e. The van der Waals surface area contributed by atoms with E-state index in [-0.39, 0.29) is 5.62 Å². The van der Waals surface area contributed by atoms with Crippen LogP contribution in [-0.4, -0.2) is 10.4 Å². The Hall–Kier alpha value is 0.270. The molecule has 0 atom stereocenters. The van der Waals surface area contributed by atoms with Crippen LogP contribution in [0.4, 0.5) is 0 Å². The summed E-state index contributed by atoms with van der Waals surface area (Å²) in [5.41, 5.74) is 0.746. The van der Waals surface area contributed by atoms with Crippen molar-refractivity contribution in [2.45, 2.75) is 55.8 Å². The molecule has 4 rings (SSSR count). The molecule has 0 aromatic carbocycles. The van der Waals surface area contributed by atoms with E-state index >= 15 is 0 Å². The van der Waals surface area contributed by atoms with Crippen LogP contribution in [0, 0.1) is 5.41 Å². The SMILES string of the molecule is CC12CCC(SC3OO3)(CC1)CC2. The molecule has 74 valence electrons. The highest BCUT2D eigenvalue weighted by atomic mass is 32.2. The molecule has 1 aliphatic heterocycles. The zero-order valence-corrected chi connectivity index (χ0v) is 8.86. The lowest BCUT2D eigenvalue weighted by Gasteiger charge is -2.51. The Morgan fingerprint density at radius 1 is 1.00 bits per heavy atom. The normalized spacial score (nSPS) is 49.6. The van der Waals surface area contributed by atoms with Crippen molar-refractivity contribution in [3.63, 3.8) is 0 Å². The molecule has 0 aromatic rings. The maximum atomic E-state index is 4.84. The van der Waals surface area contributed by atoms with Gasteiger partial charge in [0.2, 0.25) is 0 Å². The van der Waals surface area contributed by atoms with E-state index in [0.717, 1.165) is 0 Å². The van der Waals surface area contributed by atoms with Crippen molar-refractivity contribution in [2.75, 3.05) is 0 Å². The van der Waals surface area contributed by atoms with Crippen molar-refractivity contribution in [3.8, 4) is 0 Å². The molecule has 4 fully saturated rings. The van der Waals surface area contributed by atoms with Gasteiger partial charge in [0, 0.05) is 4.75 Å². The first-order chi connectivity index (χ1) is 6.20. The maximum Gasteiger partial charge on any atom is 0.270 e. The largest absolute Gasteiger partial charge is 0.270 e. The first-order valence-corrected chi connectivity index (χ1v) is 6.08. The summed E-state index contributed by atoms with van der Waals surface area (Å²) in [6.45, 7) is 2.45. The van der Waals surface area contributed by atoms with Gasteiger partial charge in [0.1, 0.15) is 0 Å². The first-order valence-electron chi connectivity index (χ1n) is 5.20. The summed E-state index contributed by atoms with van der Waals surface area (Å²) < 4.78 is 0.513. The van der Waals surface area contributed by atoms with Gasteiger partial charge in [0.25, 0.3) is 5.62 Å². The Balaban J connectivity index is 1.71. The van der Waals surface area contributed by atoms with Crippen LogP contribution in [0.3, 0.4) is 0 Å². The van der Waals surface area contributed by atoms with Crippen LogP contribution in [0.1, 0.15) is 45.4 Å². The van der Waals surface area contributed by atoms with Crippen molar-refractivity contribution in [1.29, 1.82) is 0 Å². The molecule has 1 heterocycles. The third-order valence-electron chi connectivity index (χ3n) is 4.07. The molecule has 3 aliphatic carbocycles. The van der Waals surface area contributed by atoms with Gasteiger partial charge in [-0.15, -0.1) is 0 Å². The van der Waals surface area contributed by atoms with Gasteiger partial charge in [-0.1, -0.05) is 18.7 Å². The number of hydrogen-bond acceptors (Lipinski definition) is 3. The molecule has 0 radical (unpaired) electrons. The van der Waals surface area contributed by atoms with E-state index in [2.05, 4.69) is 6.92 Å². The van der Waals surface area contributed by atoms with Gasteiger partial charge in [-0.2, -0.15) is 9.78 Å². The lowest BCUT2D eigenvalue weighted by Crippen LogP contribution is -2.42. The Morgan fingerprint density at radius 2 is 1.54 bits per heavy atom. The summed E-state index contributed by atoms with van der Waals surface area (Å²) in [5, 5.41) is 0. The lowest BCUT2D eigenvalue weighted by molar-refractivity contribution is 0.0850. The third-order valence-corrected chi connectivity index (χ3v) is 5.54.